The lowest BCUT2D eigenvalue weighted by Gasteiger charge is -2.34. The van der Waals surface area contributed by atoms with E-state index in [1.165, 1.54) is 11.3 Å². The molecule has 4 rings (SSSR count). The van der Waals surface area contributed by atoms with E-state index in [9.17, 15) is 0 Å². The first kappa shape index (κ1) is 16.4. The Labute approximate surface area is 154 Å². The predicted molar refractivity (Wildman–Crippen MR) is 107 cm³/mol. The third kappa shape index (κ3) is 2.98. The number of fused-ring (bicyclic) bond motifs is 2. The second kappa shape index (κ2) is 6.71. The Kier molecular flexibility index (Phi) is 4.24. The molecule has 0 saturated heterocycles. The molecule has 0 fully saturated rings. The first-order valence-corrected chi connectivity index (χ1v) is 8.91. The van der Waals surface area contributed by atoms with Crippen molar-refractivity contribution >= 4 is 28.6 Å². The fourth-order valence-electron chi connectivity index (χ4n) is 3.53. The molecule has 2 aromatic heterocycles. The van der Waals surface area contributed by atoms with Crippen molar-refractivity contribution in [3.63, 3.8) is 0 Å². The minimum Gasteiger partial charge on any atom is -0.377 e. The van der Waals surface area contributed by atoms with Crippen LogP contribution in [0, 0.1) is 6.92 Å². The monoisotopic (exact) mass is 348 g/mol. The molecule has 0 atom stereocenters. The summed E-state index contributed by atoms with van der Waals surface area (Å²) in [6, 6.07) is 8.58. The third-order valence-electron chi connectivity index (χ3n) is 4.77. The SMILES string of the molecule is Cc1cc2c(cc1N(C)C)N(CCCn1cccc1)c1ncncc1N2. The van der Waals surface area contributed by atoms with Crippen LogP contribution < -0.4 is 15.1 Å². The molecule has 1 N–H and O–H groups in total. The Morgan fingerprint density at radius 2 is 1.88 bits per heavy atom. The molecule has 0 amide bonds. The summed E-state index contributed by atoms with van der Waals surface area (Å²) in [5, 5.41) is 3.49. The van der Waals surface area contributed by atoms with E-state index in [0.717, 1.165) is 42.4 Å². The van der Waals surface area contributed by atoms with Gasteiger partial charge in [0.05, 0.1) is 17.6 Å². The molecular weight excluding hydrogens is 324 g/mol. The predicted octanol–water partition coefficient (Wildman–Crippen LogP) is 3.94. The van der Waals surface area contributed by atoms with Crippen LogP contribution in [0.15, 0.2) is 49.2 Å². The van der Waals surface area contributed by atoms with Gasteiger partial charge in [0.1, 0.15) is 12.0 Å². The van der Waals surface area contributed by atoms with E-state index in [1.807, 2.05) is 6.20 Å². The summed E-state index contributed by atoms with van der Waals surface area (Å²) >= 11 is 0. The first-order valence-electron chi connectivity index (χ1n) is 8.91. The Morgan fingerprint density at radius 1 is 1.08 bits per heavy atom. The Balaban J connectivity index is 1.68. The second-order valence-electron chi connectivity index (χ2n) is 6.86. The largest absolute Gasteiger partial charge is 0.377 e. The molecule has 26 heavy (non-hydrogen) atoms. The number of nitrogens with one attached hydrogen (secondary N) is 1. The molecule has 6 nitrogen and oxygen atoms in total. The zero-order valence-electron chi connectivity index (χ0n) is 15.5. The van der Waals surface area contributed by atoms with Gasteiger partial charge < -0.3 is 19.7 Å². The Bertz CT molecular complexity index is 901. The number of aryl methyl sites for hydroxylation is 2. The number of rotatable bonds is 5. The summed E-state index contributed by atoms with van der Waals surface area (Å²) in [6.45, 7) is 4.02. The molecule has 1 aliphatic rings. The van der Waals surface area contributed by atoms with Gasteiger partial charge in [-0.15, -0.1) is 0 Å². The van der Waals surface area contributed by atoms with Crippen LogP contribution in [0.25, 0.3) is 0 Å². The van der Waals surface area contributed by atoms with E-state index in [-0.39, 0.29) is 0 Å². The minimum absolute atomic E-state index is 0.896. The molecule has 0 saturated carbocycles. The standard InChI is InChI=1S/C20H24N6/c1-15-11-16-19(12-18(15)24(2)3)26(10-6-9-25-7-4-5-8-25)20-17(23-16)13-21-14-22-20/h4-5,7-8,11-14,23H,6,9-10H2,1-3H3. The molecule has 1 aromatic carbocycles. The van der Waals surface area contributed by atoms with Crippen molar-refractivity contribution in [2.24, 2.45) is 0 Å². The molecule has 6 heteroatoms. The zero-order chi connectivity index (χ0) is 18.1. The van der Waals surface area contributed by atoms with Crippen LogP contribution in [0.3, 0.4) is 0 Å². The molecular formula is C20H24N6. The number of aromatic nitrogens is 3. The molecule has 0 radical (unpaired) electrons. The van der Waals surface area contributed by atoms with Gasteiger partial charge in [-0.3, -0.25) is 0 Å². The average Bonchev–Trinajstić information content (AvgIpc) is 3.14. The van der Waals surface area contributed by atoms with Gasteiger partial charge in [0, 0.05) is 45.3 Å². The van der Waals surface area contributed by atoms with Crippen LogP contribution >= 0.6 is 0 Å². The van der Waals surface area contributed by atoms with Crippen molar-refractivity contribution < 1.29 is 0 Å². The van der Waals surface area contributed by atoms with Gasteiger partial charge in [0.2, 0.25) is 0 Å². The quantitative estimate of drug-likeness (QED) is 0.757. The van der Waals surface area contributed by atoms with Crippen molar-refractivity contribution in [2.75, 3.05) is 35.8 Å². The van der Waals surface area contributed by atoms with E-state index >= 15 is 0 Å². The summed E-state index contributed by atoms with van der Waals surface area (Å²) in [5.41, 5.74) is 5.69. The summed E-state index contributed by atoms with van der Waals surface area (Å²) in [7, 11) is 4.16. The summed E-state index contributed by atoms with van der Waals surface area (Å²) in [4.78, 5) is 13.2. The molecule has 3 aromatic rings. The van der Waals surface area contributed by atoms with Crippen molar-refractivity contribution in [3.8, 4) is 0 Å². The van der Waals surface area contributed by atoms with Gasteiger partial charge in [0.25, 0.3) is 0 Å². The Morgan fingerprint density at radius 3 is 2.65 bits per heavy atom. The van der Waals surface area contributed by atoms with Gasteiger partial charge in [-0.2, -0.15) is 0 Å². The summed E-state index contributed by atoms with van der Waals surface area (Å²) in [6.07, 6.45) is 8.71. The summed E-state index contributed by atoms with van der Waals surface area (Å²) < 4.78 is 2.21. The minimum atomic E-state index is 0.896. The third-order valence-corrected chi connectivity index (χ3v) is 4.77. The number of anilines is 5. The molecule has 134 valence electrons. The van der Waals surface area contributed by atoms with Crippen LogP contribution in [0.2, 0.25) is 0 Å². The highest BCUT2D eigenvalue weighted by molar-refractivity contribution is 5.91. The van der Waals surface area contributed by atoms with Gasteiger partial charge in [-0.25, -0.2) is 9.97 Å². The van der Waals surface area contributed by atoms with E-state index in [1.54, 1.807) is 6.33 Å². The van der Waals surface area contributed by atoms with Gasteiger partial charge in [0.15, 0.2) is 5.82 Å². The van der Waals surface area contributed by atoms with Crippen LogP contribution in [0.1, 0.15) is 12.0 Å². The normalized spacial score (nSPS) is 12.3. The first-order chi connectivity index (χ1) is 12.6. The fraction of sp³-hybridized carbons (Fsp3) is 0.300. The van der Waals surface area contributed by atoms with Crippen molar-refractivity contribution in [1.82, 2.24) is 14.5 Å². The van der Waals surface area contributed by atoms with Crippen molar-refractivity contribution in [2.45, 2.75) is 19.9 Å². The lowest BCUT2D eigenvalue weighted by atomic mass is 10.1. The van der Waals surface area contributed by atoms with E-state index < -0.39 is 0 Å². The number of hydrogen-bond acceptors (Lipinski definition) is 5. The highest BCUT2D eigenvalue weighted by Crippen LogP contribution is 2.44. The topological polar surface area (TPSA) is 49.2 Å². The maximum Gasteiger partial charge on any atom is 0.160 e. The zero-order valence-corrected chi connectivity index (χ0v) is 15.5. The molecule has 0 unspecified atom stereocenters. The van der Waals surface area contributed by atoms with Crippen LogP contribution in [0.4, 0.5) is 28.6 Å². The van der Waals surface area contributed by atoms with E-state index in [4.69, 9.17) is 0 Å². The number of benzene rings is 1. The smallest absolute Gasteiger partial charge is 0.160 e. The molecule has 3 heterocycles. The lowest BCUT2D eigenvalue weighted by Crippen LogP contribution is -2.26. The van der Waals surface area contributed by atoms with Gasteiger partial charge >= 0.3 is 0 Å². The van der Waals surface area contributed by atoms with Crippen LogP contribution in [-0.4, -0.2) is 35.2 Å². The second-order valence-corrected chi connectivity index (χ2v) is 6.86. The van der Waals surface area contributed by atoms with Gasteiger partial charge in [-0.1, -0.05) is 0 Å². The molecule has 0 bridgehead atoms. The van der Waals surface area contributed by atoms with Crippen molar-refractivity contribution in [1.29, 1.82) is 0 Å². The number of hydrogen-bond donors (Lipinski definition) is 1. The van der Waals surface area contributed by atoms with Crippen molar-refractivity contribution in [3.05, 3.63) is 54.7 Å². The van der Waals surface area contributed by atoms with E-state index in [0.29, 0.717) is 0 Å². The highest BCUT2D eigenvalue weighted by Gasteiger charge is 2.25. The molecule has 1 aliphatic heterocycles. The Hall–Kier alpha value is -3.02. The molecule has 0 aliphatic carbocycles. The maximum atomic E-state index is 4.54. The van der Waals surface area contributed by atoms with Crippen LogP contribution in [-0.2, 0) is 6.54 Å². The maximum absolute atomic E-state index is 4.54. The lowest BCUT2D eigenvalue weighted by molar-refractivity contribution is 0.646. The highest BCUT2D eigenvalue weighted by atomic mass is 15.3. The van der Waals surface area contributed by atoms with E-state index in [2.05, 4.69) is 87.3 Å². The molecule has 0 spiro atoms. The fourth-order valence-corrected chi connectivity index (χ4v) is 3.53. The van der Waals surface area contributed by atoms with Gasteiger partial charge in [-0.05, 0) is 43.2 Å². The number of nitrogens with zero attached hydrogens (tertiary/aromatic N) is 5. The van der Waals surface area contributed by atoms with Crippen LogP contribution in [0.5, 0.6) is 0 Å². The summed E-state index contributed by atoms with van der Waals surface area (Å²) in [5.74, 6) is 0.938. The average molecular weight is 348 g/mol.